The molecule has 2 unspecified atom stereocenters. The summed E-state index contributed by atoms with van der Waals surface area (Å²) in [5, 5.41) is 4.10. The molecule has 2 atom stereocenters. The first-order valence-electron chi connectivity index (χ1n) is 4.87. The van der Waals surface area contributed by atoms with Crippen LogP contribution in [0.3, 0.4) is 0 Å². The zero-order chi connectivity index (χ0) is 10.6. The van der Waals surface area contributed by atoms with Crippen molar-refractivity contribution in [1.82, 2.24) is 9.78 Å². The largest absolute Gasteiger partial charge is 0.384 e. The predicted molar refractivity (Wildman–Crippen MR) is 55.8 cm³/mol. The van der Waals surface area contributed by atoms with Gasteiger partial charge in [0, 0.05) is 33.0 Å². The fourth-order valence-corrected chi connectivity index (χ4v) is 1.65. The number of hydrogen-bond acceptors (Lipinski definition) is 3. The van der Waals surface area contributed by atoms with Gasteiger partial charge in [0.2, 0.25) is 0 Å². The Balaban J connectivity index is 2.50. The van der Waals surface area contributed by atoms with Gasteiger partial charge in [-0.3, -0.25) is 4.68 Å². The molecular formula is C10H19N3O. The molecule has 1 aromatic heterocycles. The first-order valence-corrected chi connectivity index (χ1v) is 4.87. The fourth-order valence-electron chi connectivity index (χ4n) is 1.65. The van der Waals surface area contributed by atoms with E-state index < -0.39 is 0 Å². The van der Waals surface area contributed by atoms with Crippen LogP contribution < -0.4 is 5.73 Å². The summed E-state index contributed by atoms with van der Waals surface area (Å²) in [6.45, 7) is 2.89. The monoisotopic (exact) mass is 197 g/mol. The highest BCUT2D eigenvalue weighted by atomic mass is 16.5. The Labute approximate surface area is 85.0 Å². The maximum Gasteiger partial charge on any atom is 0.0548 e. The number of rotatable bonds is 5. The van der Waals surface area contributed by atoms with Gasteiger partial charge in [-0.05, 0) is 18.4 Å². The maximum absolute atomic E-state index is 6.06. The summed E-state index contributed by atoms with van der Waals surface area (Å²) in [7, 11) is 3.63. The zero-order valence-electron chi connectivity index (χ0n) is 9.10. The van der Waals surface area contributed by atoms with E-state index in [1.807, 2.05) is 17.8 Å². The van der Waals surface area contributed by atoms with Crippen LogP contribution in [-0.4, -0.2) is 23.5 Å². The van der Waals surface area contributed by atoms with Crippen molar-refractivity contribution in [1.29, 1.82) is 0 Å². The number of methoxy groups -OCH3 is 1. The second-order valence-corrected chi connectivity index (χ2v) is 3.78. The number of ether oxygens (including phenoxy) is 1. The van der Waals surface area contributed by atoms with E-state index in [0.29, 0.717) is 5.92 Å². The Kier molecular flexibility index (Phi) is 4.10. The molecule has 2 N–H and O–H groups in total. The van der Waals surface area contributed by atoms with Crippen molar-refractivity contribution in [2.45, 2.75) is 19.4 Å². The van der Waals surface area contributed by atoms with E-state index in [4.69, 9.17) is 10.5 Å². The van der Waals surface area contributed by atoms with Crippen molar-refractivity contribution in [3.05, 3.63) is 18.0 Å². The third kappa shape index (κ3) is 2.82. The van der Waals surface area contributed by atoms with Crippen LogP contribution in [0.15, 0.2) is 12.3 Å². The molecule has 1 rings (SSSR count). The van der Waals surface area contributed by atoms with Crippen LogP contribution in [0, 0.1) is 5.92 Å². The van der Waals surface area contributed by atoms with Crippen molar-refractivity contribution < 1.29 is 4.74 Å². The van der Waals surface area contributed by atoms with Gasteiger partial charge in [-0.15, -0.1) is 0 Å². The third-order valence-corrected chi connectivity index (χ3v) is 2.35. The number of hydrogen-bond donors (Lipinski definition) is 1. The first kappa shape index (κ1) is 11.2. The Morgan fingerprint density at radius 3 is 2.86 bits per heavy atom. The van der Waals surface area contributed by atoms with Gasteiger partial charge in [0.25, 0.3) is 0 Å². The number of nitrogens with two attached hydrogens (primary N) is 1. The van der Waals surface area contributed by atoms with E-state index in [9.17, 15) is 0 Å². The number of aryl methyl sites for hydroxylation is 1. The molecule has 0 bridgehead atoms. The molecule has 0 aliphatic heterocycles. The van der Waals surface area contributed by atoms with E-state index in [1.54, 1.807) is 13.3 Å². The average molecular weight is 197 g/mol. The summed E-state index contributed by atoms with van der Waals surface area (Å²) >= 11 is 0. The van der Waals surface area contributed by atoms with Gasteiger partial charge >= 0.3 is 0 Å². The van der Waals surface area contributed by atoms with Crippen LogP contribution in [0.2, 0.25) is 0 Å². The second-order valence-electron chi connectivity index (χ2n) is 3.78. The zero-order valence-corrected chi connectivity index (χ0v) is 9.10. The lowest BCUT2D eigenvalue weighted by Gasteiger charge is -2.16. The van der Waals surface area contributed by atoms with Crippen LogP contribution in [0.4, 0.5) is 0 Å². The summed E-state index contributed by atoms with van der Waals surface area (Å²) in [5.41, 5.74) is 7.13. The molecule has 1 aromatic rings. The third-order valence-electron chi connectivity index (χ3n) is 2.35. The minimum atomic E-state index is 0.0487. The predicted octanol–water partition coefficient (Wildman–Crippen LogP) is 1.09. The Morgan fingerprint density at radius 2 is 2.36 bits per heavy atom. The minimum Gasteiger partial charge on any atom is -0.384 e. The van der Waals surface area contributed by atoms with Crippen LogP contribution in [0.25, 0.3) is 0 Å². The molecule has 0 radical (unpaired) electrons. The first-order chi connectivity index (χ1) is 6.65. The summed E-state index contributed by atoms with van der Waals surface area (Å²) in [5.74, 6) is 0.477. The topological polar surface area (TPSA) is 53.1 Å². The van der Waals surface area contributed by atoms with Gasteiger partial charge in [-0.1, -0.05) is 6.92 Å². The van der Waals surface area contributed by atoms with Crippen LogP contribution in [-0.2, 0) is 11.8 Å². The number of nitrogens with zero attached hydrogens (tertiary/aromatic N) is 2. The molecule has 0 amide bonds. The van der Waals surface area contributed by atoms with E-state index in [1.165, 1.54) is 0 Å². The van der Waals surface area contributed by atoms with Crippen molar-refractivity contribution >= 4 is 0 Å². The smallest absolute Gasteiger partial charge is 0.0548 e. The molecule has 0 spiro atoms. The summed E-state index contributed by atoms with van der Waals surface area (Å²) < 4.78 is 6.90. The highest BCUT2D eigenvalue weighted by Crippen LogP contribution is 2.17. The molecule has 4 nitrogen and oxygen atoms in total. The highest BCUT2D eigenvalue weighted by Gasteiger charge is 2.13. The van der Waals surface area contributed by atoms with Gasteiger partial charge < -0.3 is 10.5 Å². The molecule has 1 heterocycles. The Hall–Kier alpha value is -0.870. The van der Waals surface area contributed by atoms with E-state index in [0.717, 1.165) is 18.7 Å². The lowest BCUT2D eigenvalue weighted by molar-refractivity contribution is 0.151. The van der Waals surface area contributed by atoms with Crippen LogP contribution in [0.1, 0.15) is 25.1 Å². The normalized spacial score (nSPS) is 15.4. The second kappa shape index (κ2) is 5.12. The maximum atomic E-state index is 6.06. The van der Waals surface area contributed by atoms with Gasteiger partial charge in [0.15, 0.2) is 0 Å². The lowest BCUT2D eigenvalue weighted by Crippen LogP contribution is -2.19. The minimum absolute atomic E-state index is 0.0487. The van der Waals surface area contributed by atoms with E-state index in [-0.39, 0.29) is 6.04 Å². The summed E-state index contributed by atoms with van der Waals surface area (Å²) in [6, 6.07) is 2.01. The molecule has 0 saturated carbocycles. The molecule has 4 heteroatoms. The van der Waals surface area contributed by atoms with E-state index >= 15 is 0 Å². The Morgan fingerprint density at radius 1 is 1.64 bits per heavy atom. The SMILES string of the molecule is COCC(C)CC(N)c1ccnn1C. The molecule has 14 heavy (non-hydrogen) atoms. The van der Waals surface area contributed by atoms with Crippen molar-refractivity contribution in [2.75, 3.05) is 13.7 Å². The molecule has 0 saturated heterocycles. The number of aromatic nitrogens is 2. The quantitative estimate of drug-likeness (QED) is 0.768. The molecular weight excluding hydrogens is 178 g/mol. The molecule has 0 fully saturated rings. The standard InChI is InChI=1S/C10H19N3O/c1-8(7-14-3)6-9(11)10-4-5-12-13(10)2/h4-5,8-9H,6-7,11H2,1-3H3. The average Bonchev–Trinajstić information content (AvgIpc) is 2.51. The van der Waals surface area contributed by atoms with Gasteiger partial charge in [-0.25, -0.2) is 0 Å². The van der Waals surface area contributed by atoms with Gasteiger partial charge in [0.05, 0.1) is 5.69 Å². The molecule has 0 aliphatic rings. The summed E-state index contributed by atoms with van der Waals surface area (Å²) in [6.07, 6.45) is 2.70. The highest BCUT2D eigenvalue weighted by molar-refractivity contribution is 5.05. The summed E-state index contributed by atoms with van der Waals surface area (Å²) in [4.78, 5) is 0. The molecule has 0 aliphatic carbocycles. The van der Waals surface area contributed by atoms with Crippen molar-refractivity contribution in [3.8, 4) is 0 Å². The van der Waals surface area contributed by atoms with Crippen LogP contribution in [0.5, 0.6) is 0 Å². The van der Waals surface area contributed by atoms with Crippen molar-refractivity contribution in [2.24, 2.45) is 18.7 Å². The van der Waals surface area contributed by atoms with Gasteiger partial charge in [0.1, 0.15) is 0 Å². The molecule has 80 valence electrons. The molecule has 0 aromatic carbocycles. The van der Waals surface area contributed by atoms with Gasteiger partial charge in [-0.2, -0.15) is 5.10 Å². The van der Waals surface area contributed by atoms with E-state index in [2.05, 4.69) is 12.0 Å². The van der Waals surface area contributed by atoms with Crippen molar-refractivity contribution in [3.63, 3.8) is 0 Å². The Bertz CT molecular complexity index is 272. The van der Waals surface area contributed by atoms with Crippen LogP contribution >= 0.6 is 0 Å². The lowest BCUT2D eigenvalue weighted by atomic mass is 10.0. The fraction of sp³-hybridized carbons (Fsp3) is 0.700.